The van der Waals surface area contributed by atoms with E-state index in [2.05, 4.69) is 0 Å². The van der Waals surface area contributed by atoms with Gasteiger partial charge in [0.2, 0.25) is 10.0 Å². The third-order valence-electron chi connectivity index (χ3n) is 4.73. The molecule has 2 aromatic rings. The molecule has 0 amide bonds. The lowest BCUT2D eigenvalue weighted by molar-refractivity contribution is -0.150. The van der Waals surface area contributed by atoms with Gasteiger partial charge in [-0.1, -0.05) is 11.6 Å². The number of nitrogens with zero attached hydrogens (tertiary/aromatic N) is 1. The topological polar surface area (TPSA) is 72.9 Å². The van der Waals surface area contributed by atoms with Gasteiger partial charge in [-0.3, -0.25) is 4.79 Å². The first-order valence-electron chi connectivity index (χ1n) is 9.27. The van der Waals surface area contributed by atoms with Crippen LogP contribution < -0.4 is 4.74 Å². The zero-order chi connectivity index (χ0) is 21.7. The van der Waals surface area contributed by atoms with Crippen LogP contribution in [0.25, 0.3) is 0 Å². The van der Waals surface area contributed by atoms with Crippen molar-refractivity contribution >= 4 is 27.6 Å². The number of sulfonamides is 1. The Bertz CT molecular complexity index is 993. The van der Waals surface area contributed by atoms with Crippen molar-refractivity contribution < 1.29 is 31.5 Å². The lowest BCUT2D eigenvalue weighted by atomic mass is 9.98. The Hall–Kier alpha value is -2.23. The Balaban J connectivity index is 1.45. The average molecular weight is 460 g/mol. The number of hydrogen-bond acceptors (Lipinski definition) is 5. The molecule has 0 saturated carbocycles. The fraction of sp³-hybridized carbons (Fsp3) is 0.350. The van der Waals surface area contributed by atoms with Crippen LogP contribution in [0.2, 0.25) is 5.02 Å². The average Bonchev–Trinajstić information content (AvgIpc) is 2.74. The minimum atomic E-state index is -3.96. The largest absolute Gasteiger partial charge is 0.490 e. The summed E-state index contributed by atoms with van der Waals surface area (Å²) in [5.41, 5.74) is 0. The van der Waals surface area contributed by atoms with Gasteiger partial charge in [0.15, 0.2) is 11.6 Å². The van der Waals surface area contributed by atoms with E-state index in [1.807, 2.05) is 0 Å². The molecule has 30 heavy (non-hydrogen) atoms. The van der Waals surface area contributed by atoms with Gasteiger partial charge in [-0.15, -0.1) is 0 Å². The summed E-state index contributed by atoms with van der Waals surface area (Å²) in [7, 11) is -3.96. The molecular weight excluding hydrogens is 440 g/mol. The van der Waals surface area contributed by atoms with Crippen LogP contribution in [-0.2, 0) is 19.6 Å². The molecule has 2 aromatic carbocycles. The molecule has 1 saturated heterocycles. The SMILES string of the molecule is O=C(OCCOc1ccc(Cl)cc1)C1CCN(S(=O)(=O)c2ccc(F)c(F)c2)CC1. The molecular formula is C20H20ClF2NO5S. The van der Waals surface area contributed by atoms with Crippen molar-refractivity contribution in [1.82, 2.24) is 4.31 Å². The molecule has 1 aliphatic rings. The number of carbonyl (C=O) groups excluding carboxylic acids is 1. The van der Waals surface area contributed by atoms with E-state index in [9.17, 15) is 22.0 Å². The van der Waals surface area contributed by atoms with Crippen molar-refractivity contribution in [1.29, 1.82) is 0 Å². The van der Waals surface area contributed by atoms with Crippen LogP contribution in [0.5, 0.6) is 5.75 Å². The number of hydrogen-bond donors (Lipinski definition) is 0. The molecule has 0 atom stereocenters. The van der Waals surface area contributed by atoms with Gasteiger partial charge >= 0.3 is 5.97 Å². The molecule has 1 aliphatic heterocycles. The molecule has 0 bridgehead atoms. The second kappa shape index (κ2) is 9.72. The van der Waals surface area contributed by atoms with Crippen LogP contribution >= 0.6 is 11.6 Å². The van der Waals surface area contributed by atoms with Crippen LogP contribution in [0.3, 0.4) is 0 Å². The predicted molar refractivity (Wildman–Crippen MR) is 106 cm³/mol. The zero-order valence-corrected chi connectivity index (χ0v) is 17.5. The van der Waals surface area contributed by atoms with E-state index >= 15 is 0 Å². The molecule has 0 aliphatic carbocycles. The maximum absolute atomic E-state index is 13.4. The summed E-state index contributed by atoms with van der Waals surface area (Å²) < 4.78 is 63.4. The van der Waals surface area contributed by atoms with Crippen molar-refractivity contribution in [3.63, 3.8) is 0 Å². The first-order valence-corrected chi connectivity index (χ1v) is 11.1. The Morgan fingerprint density at radius 3 is 2.33 bits per heavy atom. The van der Waals surface area contributed by atoms with Crippen molar-refractivity contribution in [3.8, 4) is 5.75 Å². The third-order valence-corrected chi connectivity index (χ3v) is 6.87. The maximum atomic E-state index is 13.4. The molecule has 10 heteroatoms. The standard InChI is InChI=1S/C20H20ClF2NO5S/c21-15-1-3-16(4-2-15)28-11-12-29-20(25)14-7-9-24(10-8-14)30(26,27)17-5-6-18(22)19(23)13-17/h1-6,13-14H,7-12H2. The van der Waals surface area contributed by atoms with Crippen LogP contribution in [-0.4, -0.2) is 45.0 Å². The summed E-state index contributed by atoms with van der Waals surface area (Å²) in [4.78, 5) is 11.9. The lowest BCUT2D eigenvalue weighted by Gasteiger charge is -2.30. The summed E-state index contributed by atoms with van der Waals surface area (Å²) in [5, 5.41) is 0.590. The quantitative estimate of drug-likeness (QED) is 0.467. The van der Waals surface area contributed by atoms with Gasteiger partial charge < -0.3 is 9.47 Å². The third kappa shape index (κ3) is 5.47. The van der Waals surface area contributed by atoms with Gasteiger partial charge in [0.05, 0.1) is 10.8 Å². The molecule has 0 aromatic heterocycles. The molecule has 0 radical (unpaired) electrons. The highest BCUT2D eigenvalue weighted by atomic mass is 35.5. The van der Waals surface area contributed by atoms with E-state index in [0.717, 1.165) is 16.4 Å². The number of halogens is 3. The summed E-state index contributed by atoms with van der Waals surface area (Å²) >= 11 is 5.79. The molecule has 0 N–H and O–H groups in total. The zero-order valence-electron chi connectivity index (χ0n) is 15.9. The second-order valence-corrected chi connectivity index (χ2v) is 9.10. The Labute approximate surface area is 178 Å². The summed E-state index contributed by atoms with van der Waals surface area (Å²) in [5.74, 6) is -2.59. The van der Waals surface area contributed by atoms with Crippen LogP contribution in [0.1, 0.15) is 12.8 Å². The number of piperidine rings is 1. The van der Waals surface area contributed by atoms with Crippen LogP contribution in [0.15, 0.2) is 47.4 Å². The Morgan fingerprint density at radius 1 is 1.03 bits per heavy atom. The van der Waals surface area contributed by atoms with Crippen molar-refractivity contribution in [2.75, 3.05) is 26.3 Å². The van der Waals surface area contributed by atoms with Gasteiger partial charge in [0, 0.05) is 18.1 Å². The number of ether oxygens (including phenoxy) is 2. The van der Waals surface area contributed by atoms with E-state index < -0.39 is 33.5 Å². The normalized spacial score (nSPS) is 15.7. The van der Waals surface area contributed by atoms with Gasteiger partial charge in [0.25, 0.3) is 0 Å². The van der Waals surface area contributed by atoms with Crippen molar-refractivity contribution in [2.45, 2.75) is 17.7 Å². The van der Waals surface area contributed by atoms with E-state index in [-0.39, 0.29) is 44.0 Å². The fourth-order valence-corrected chi connectivity index (χ4v) is 4.68. The predicted octanol–water partition coefficient (Wildman–Crippen LogP) is 3.64. The summed E-state index contributed by atoms with van der Waals surface area (Å²) in [6.45, 7) is 0.413. The Morgan fingerprint density at radius 2 is 1.70 bits per heavy atom. The van der Waals surface area contributed by atoms with E-state index in [1.165, 1.54) is 0 Å². The van der Waals surface area contributed by atoms with Crippen molar-refractivity contribution in [3.05, 3.63) is 59.1 Å². The highest BCUT2D eigenvalue weighted by molar-refractivity contribution is 7.89. The molecule has 0 unspecified atom stereocenters. The van der Waals surface area contributed by atoms with E-state index in [1.54, 1.807) is 24.3 Å². The van der Waals surface area contributed by atoms with Crippen molar-refractivity contribution in [2.24, 2.45) is 5.92 Å². The first kappa shape index (κ1) is 22.5. The number of rotatable bonds is 7. The summed E-state index contributed by atoms with van der Waals surface area (Å²) in [6, 6.07) is 9.23. The monoisotopic (exact) mass is 459 g/mol. The molecule has 1 heterocycles. The number of esters is 1. The molecule has 0 spiro atoms. The van der Waals surface area contributed by atoms with Gasteiger partial charge in [-0.2, -0.15) is 4.31 Å². The molecule has 1 fully saturated rings. The molecule has 3 rings (SSSR count). The van der Waals surface area contributed by atoms with Crippen LogP contribution in [0, 0.1) is 17.6 Å². The van der Waals surface area contributed by atoms with Gasteiger partial charge in [0.1, 0.15) is 19.0 Å². The Kier molecular flexibility index (Phi) is 7.27. The minimum absolute atomic E-state index is 0.0643. The van der Waals surface area contributed by atoms with E-state index in [0.29, 0.717) is 16.8 Å². The highest BCUT2D eigenvalue weighted by Crippen LogP contribution is 2.25. The second-order valence-electron chi connectivity index (χ2n) is 6.72. The van der Waals surface area contributed by atoms with E-state index in [4.69, 9.17) is 21.1 Å². The van der Waals surface area contributed by atoms with Crippen LogP contribution in [0.4, 0.5) is 8.78 Å². The lowest BCUT2D eigenvalue weighted by Crippen LogP contribution is -2.40. The number of benzene rings is 2. The maximum Gasteiger partial charge on any atom is 0.309 e. The number of carbonyl (C=O) groups is 1. The summed E-state index contributed by atoms with van der Waals surface area (Å²) in [6.07, 6.45) is 0.555. The highest BCUT2D eigenvalue weighted by Gasteiger charge is 2.33. The molecule has 6 nitrogen and oxygen atoms in total. The molecule has 162 valence electrons. The first-order chi connectivity index (χ1) is 14.3. The smallest absolute Gasteiger partial charge is 0.309 e. The van der Waals surface area contributed by atoms with Gasteiger partial charge in [-0.05, 0) is 55.3 Å². The minimum Gasteiger partial charge on any atom is -0.490 e. The fourth-order valence-electron chi connectivity index (χ4n) is 3.07. The van der Waals surface area contributed by atoms with Gasteiger partial charge in [-0.25, -0.2) is 17.2 Å².